The second kappa shape index (κ2) is 12.1. The van der Waals surface area contributed by atoms with Gasteiger partial charge in [-0.2, -0.15) is 5.10 Å². The van der Waals surface area contributed by atoms with Gasteiger partial charge in [0.15, 0.2) is 0 Å². The maximum absolute atomic E-state index is 10.7. The lowest BCUT2D eigenvalue weighted by Gasteiger charge is -1.98. The minimum atomic E-state index is -0.656. The first kappa shape index (κ1) is 19.0. The summed E-state index contributed by atoms with van der Waals surface area (Å²) in [5, 5.41) is 8.33. The van der Waals surface area contributed by atoms with Crippen LogP contribution in [0.15, 0.2) is 31.0 Å². The summed E-state index contributed by atoms with van der Waals surface area (Å²) in [4.78, 5) is 21.2. The number of primary amides is 1. The number of rotatable bonds is 2. The Hall–Kier alpha value is -2.37. The highest BCUT2D eigenvalue weighted by Crippen LogP contribution is 2.09. The normalized spacial score (nSPS) is 8.63. The van der Waals surface area contributed by atoms with E-state index < -0.39 is 5.91 Å². The van der Waals surface area contributed by atoms with Crippen LogP contribution in [0.25, 0.3) is 0 Å². The van der Waals surface area contributed by atoms with Gasteiger partial charge in [-0.15, -0.1) is 6.58 Å². The molecule has 2 amide bonds. The zero-order valence-corrected chi connectivity index (χ0v) is 11.9. The van der Waals surface area contributed by atoms with Gasteiger partial charge < -0.3 is 11.1 Å². The van der Waals surface area contributed by atoms with E-state index in [-0.39, 0.29) is 11.6 Å². The number of nitrogens with one attached hydrogen (secondary N) is 2. The summed E-state index contributed by atoms with van der Waals surface area (Å²) in [6.45, 7) is 10.6. The minimum Gasteiger partial charge on any atom is -0.364 e. The molecule has 6 heteroatoms. The van der Waals surface area contributed by atoms with Gasteiger partial charge in [0.05, 0.1) is 11.9 Å². The van der Waals surface area contributed by atoms with Gasteiger partial charge in [-0.3, -0.25) is 14.7 Å². The van der Waals surface area contributed by atoms with Gasteiger partial charge in [-0.25, -0.2) is 0 Å². The number of anilines is 1. The Balaban J connectivity index is 0. The second-order valence-corrected chi connectivity index (χ2v) is 3.28. The number of nitrogens with two attached hydrogens (primary N) is 1. The predicted molar refractivity (Wildman–Crippen MR) is 77.8 cm³/mol. The Morgan fingerprint density at radius 1 is 1.37 bits per heavy atom. The molecule has 0 bridgehead atoms. The fourth-order valence-electron chi connectivity index (χ4n) is 0.758. The van der Waals surface area contributed by atoms with E-state index >= 15 is 0 Å². The first-order chi connectivity index (χ1) is 8.94. The molecule has 0 atom stereocenters. The molecule has 0 unspecified atom stereocenters. The Kier molecular flexibility index (Phi) is 12.1. The maximum atomic E-state index is 10.7. The van der Waals surface area contributed by atoms with E-state index in [9.17, 15) is 9.59 Å². The van der Waals surface area contributed by atoms with Crippen LogP contribution < -0.4 is 11.1 Å². The molecule has 0 aromatic carbocycles. The van der Waals surface area contributed by atoms with Crippen LogP contribution in [0.5, 0.6) is 0 Å². The van der Waals surface area contributed by atoms with E-state index in [1.807, 2.05) is 32.9 Å². The third kappa shape index (κ3) is 10.5. The molecule has 0 radical (unpaired) electrons. The minimum absolute atomic E-state index is 0.102. The number of hydrogen-bond donors (Lipinski definition) is 3. The molecule has 1 rings (SSSR count). The lowest BCUT2D eigenvalue weighted by atomic mass is 10.3. The summed E-state index contributed by atoms with van der Waals surface area (Å²) in [7, 11) is 0. The summed E-state index contributed by atoms with van der Waals surface area (Å²) in [5.41, 5.74) is 5.38. The average molecular weight is 266 g/mol. The first-order valence-corrected chi connectivity index (χ1v) is 5.69. The monoisotopic (exact) mass is 266 g/mol. The van der Waals surface area contributed by atoms with Crippen LogP contribution in [0.1, 0.15) is 38.2 Å². The van der Waals surface area contributed by atoms with Crippen LogP contribution in [-0.2, 0) is 4.79 Å². The molecule has 1 heterocycles. The van der Waals surface area contributed by atoms with E-state index in [1.54, 1.807) is 6.08 Å². The molecule has 1 aromatic heterocycles. The fraction of sp³-hybridized carbons (Fsp3) is 0.308. The molecular formula is C13H22N4O2. The number of H-pyrrole nitrogens is 1. The van der Waals surface area contributed by atoms with Crippen LogP contribution in [0, 0.1) is 0 Å². The van der Waals surface area contributed by atoms with Crippen molar-refractivity contribution in [2.45, 2.75) is 27.7 Å². The summed E-state index contributed by atoms with van der Waals surface area (Å²) in [6.07, 6.45) is 7.07. The Morgan fingerprint density at radius 3 is 2.16 bits per heavy atom. The van der Waals surface area contributed by atoms with Crippen LogP contribution in [0.3, 0.4) is 0 Å². The molecule has 0 aliphatic heterocycles. The topological polar surface area (TPSA) is 101 Å². The molecule has 19 heavy (non-hydrogen) atoms. The molecular weight excluding hydrogens is 244 g/mol. The fourth-order valence-corrected chi connectivity index (χ4v) is 0.758. The summed E-state index contributed by atoms with van der Waals surface area (Å²) >= 11 is 0. The van der Waals surface area contributed by atoms with E-state index in [0.29, 0.717) is 5.69 Å². The van der Waals surface area contributed by atoms with Crippen molar-refractivity contribution >= 4 is 17.5 Å². The second-order valence-electron chi connectivity index (χ2n) is 3.28. The van der Waals surface area contributed by atoms with Crippen molar-refractivity contribution < 1.29 is 9.59 Å². The van der Waals surface area contributed by atoms with Gasteiger partial charge in [0.25, 0.3) is 5.91 Å². The summed E-state index contributed by atoms with van der Waals surface area (Å²) in [5.74, 6) is -0.935. The molecule has 0 spiro atoms. The van der Waals surface area contributed by atoms with Crippen molar-refractivity contribution in [2.75, 3.05) is 5.32 Å². The molecule has 1 aromatic rings. The first-order valence-electron chi connectivity index (χ1n) is 5.69. The Bertz CT molecular complexity index is 418. The van der Waals surface area contributed by atoms with E-state index in [4.69, 9.17) is 5.73 Å². The number of aromatic nitrogens is 2. The number of amides is 2. The summed E-state index contributed by atoms with van der Waals surface area (Å²) < 4.78 is 0. The largest absolute Gasteiger partial charge is 0.364 e. The van der Waals surface area contributed by atoms with Crippen molar-refractivity contribution in [3.63, 3.8) is 0 Å². The number of hydrogen-bond acceptors (Lipinski definition) is 3. The SMILES string of the molecule is C/C=C\C.C=CC.CC(=O)Nc1cn[nH]c1C(N)=O. The zero-order valence-electron chi connectivity index (χ0n) is 11.9. The van der Waals surface area contributed by atoms with Crippen molar-refractivity contribution in [1.29, 1.82) is 0 Å². The lowest BCUT2D eigenvalue weighted by molar-refractivity contribution is -0.114. The van der Waals surface area contributed by atoms with Gasteiger partial charge >= 0.3 is 0 Å². The van der Waals surface area contributed by atoms with Crippen molar-refractivity contribution in [3.05, 3.63) is 36.7 Å². The van der Waals surface area contributed by atoms with Gasteiger partial charge in [-0.05, 0) is 20.8 Å². The molecule has 0 saturated carbocycles. The molecule has 0 aliphatic carbocycles. The molecule has 4 N–H and O–H groups in total. The molecule has 0 fully saturated rings. The van der Waals surface area contributed by atoms with E-state index in [1.165, 1.54) is 13.1 Å². The van der Waals surface area contributed by atoms with Gasteiger partial charge in [-0.1, -0.05) is 18.2 Å². The highest BCUT2D eigenvalue weighted by atomic mass is 16.2. The number of carbonyl (C=O) groups is 2. The molecule has 0 saturated heterocycles. The lowest BCUT2D eigenvalue weighted by Crippen LogP contribution is -2.15. The third-order valence-electron chi connectivity index (χ3n) is 1.53. The average Bonchev–Trinajstić information content (AvgIpc) is 2.78. The number of aromatic amines is 1. The third-order valence-corrected chi connectivity index (χ3v) is 1.53. The predicted octanol–water partition coefficient (Wildman–Crippen LogP) is 2.24. The molecule has 0 aliphatic rings. The van der Waals surface area contributed by atoms with Crippen LogP contribution in [0.4, 0.5) is 5.69 Å². The van der Waals surface area contributed by atoms with Crippen LogP contribution in [0.2, 0.25) is 0 Å². The van der Waals surface area contributed by atoms with Crippen molar-refractivity contribution in [3.8, 4) is 0 Å². The maximum Gasteiger partial charge on any atom is 0.268 e. The highest BCUT2D eigenvalue weighted by Gasteiger charge is 2.10. The van der Waals surface area contributed by atoms with Crippen LogP contribution in [-0.4, -0.2) is 22.0 Å². The Labute approximate surface area is 113 Å². The highest BCUT2D eigenvalue weighted by molar-refractivity contribution is 6.00. The number of carbonyl (C=O) groups excluding carboxylic acids is 2. The van der Waals surface area contributed by atoms with E-state index in [2.05, 4.69) is 22.1 Å². The standard InChI is InChI=1S/C6H8N4O2.C4H8.C3H6/c1-3(11)9-4-2-8-10-5(4)6(7)12;1-3-4-2;1-3-2/h2H,1H3,(H2,7,12)(H,8,10)(H,9,11);3-4H,1-2H3;3H,1H2,2H3/b;4-3-;. The van der Waals surface area contributed by atoms with Crippen molar-refractivity contribution in [2.24, 2.45) is 5.73 Å². The number of nitrogens with zero attached hydrogens (tertiary/aromatic N) is 1. The quantitative estimate of drug-likeness (QED) is 0.715. The van der Waals surface area contributed by atoms with Gasteiger partial charge in [0.1, 0.15) is 5.69 Å². The molecule has 6 nitrogen and oxygen atoms in total. The van der Waals surface area contributed by atoms with Crippen molar-refractivity contribution in [1.82, 2.24) is 10.2 Å². The Morgan fingerprint density at radius 2 is 1.84 bits per heavy atom. The smallest absolute Gasteiger partial charge is 0.268 e. The number of allylic oxidation sites excluding steroid dienone is 3. The van der Waals surface area contributed by atoms with Gasteiger partial charge in [0, 0.05) is 6.92 Å². The zero-order chi connectivity index (χ0) is 15.3. The molecule has 106 valence electrons. The van der Waals surface area contributed by atoms with Crippen LogP contribution >= 0.6 is 0 Å². The van der Waals surface area contributed by atoms with E-state index in [0.717, 1.165) is 0 Å². The van der Waals surface area contributed by atoms with Gasteiger partial charge in [0.2, 0.25) is 5.91 Å². The summed E-state index contributed by atoms with van der Waals surface area (Å²) in [6, 6.07) is 0.